The maximum Gasteiger partial charge on any atom is 0.141 e. The average Bonchev–Trinajstić information content (AvgIpc) is 2.72. The van der Waals surface area contributed by atoms with Gasteiger partial charge in [0.25, 0.3) is 0 Å². The first kappa shape index (κ1) is 7.74. The molecule has 1 aliphatic carbocycles. The van der Waals surface area contributed by atoms with Gasteiger partial charge in [0.1, 0.15) is 5.78 Å². The summed E-state index contributed by atoms with van der Waals surface area (Å²) in [7, 11) is 0. The highest BCUT2D eigenvalue weighted by molar-refractivity contribution is 8.04. The Morgan fingerprint density at radius 1 is 1.00 bits per heavy atom. The number of Topliss-reactive ketones (excluding diaryl/α,β-unsaturated/α-hetero) is 1. The Hall–Kier alpha value is 0.370. The van der Waals surface area contributed by atoms with E-state index in [0.29, 0.717) is 28.1 Å². The van der Waals surface area contributed by atoms with Crippen LogP contribution in [0.15, 0.2) is 0 Å². The Kier molecular flexibility index (Phi) is 1.73. The normalized spacial score (nSPS) is 51.2. The van der Waals surface area contributed by atoms with Crippen LogP contribution >= 0.6 is 23.5 Å². The fourth-order valence-corrected chi connectivity index (χ4v) is 6.31. The lowest BCUT2D eigenvalue weighted by molar-refractivity contribution is -0.123. The minimum absolute atomic E-state index is 0.456. The van der Waals surface area contributed by atoms with Crippen molar-refractivity contribution < 1.29 is 4.79 Å². The monoisotopic (exact) mass is 200 g/mol. The molecule has 4 atom stereocenters. The summed E-state index contributed by atoms with van der Waals surface area (Å²) in [6.07, 6.45) is 2.34. The van der Waals surface area contributed by atoms with E-state index in [9.17, 15) is 4.79 Å². The molecule has 12 heavy (non-hydrogen) atoms. The van der Waals surface area contributed by atoms with Gasteiger partial charge in [0.05, 0.1) is 0 Å². The zero-order chi connectivity index (χ0) is 8.13. The van der Waals surface area contributed by atoms with E-state index in [-0.39, 0.29) is 0 Å². The molecule has 0 aromatic carbocycles. The molecule has 2 aliphatic heterocycles. The van der Waals surface area contributed by atoms with E-state index in [0.717, 1.165) is 0 Å². The van der Waals surface area contributed by atoms with Crippen LogP contribution in [0.4, 0.5) is 0 Å². The molecule has 0 radical (unpaired) electrons. The third kappa shape index (κ3) is 0.869. The molecule has 1 saturated carbocycles. The van der Waals surface area contributed by atoms with Gasteiger partial charge in [-0.25, -0.2) is 0 Å². The number of hydrogen-bond donors (Lipinski definition) is 0. The van der Waals surface area contributed by atoms with Gasteiger partial charge in [0, 0.05) is 22.3 Å². The minimum atomic E-state index is 0.456. The summed E-state index contributed by atoms with van der Waals surface area (Å²) >= 11 is 4.10. The lowest BCUT2D eigenvalue weighted by Gasteiger charge is -2.12. The number of thioether (sulfide) groups is 2. The predicted molar refractivity (Wildman–Crippen MR) is 53.7 cm³/mol. The summed E-state index contributed by atoms with van der Waals surface area (Å²) < 4.78 is 0. The topological polar surface area (TPSA) is 17.1 Å². The first-order valence-corrected chi connectivity index (χ1v) is 6.74. The second-order valence-corrected chi connectivity index (χ2v) is 6.44. The molecule has 0 aromatic rings. The van der Waals surface area contributed by atoms with Gasteiger partial charge in [0.2, 0.25) is 0 Å². The van der Waals surface area contributed by atoms with Gasteiger partial charge in [0.15, 0.2) is 0 Å². The summed E-state index contributed by atoms with van der Waals surface area (Å²) in [6.45, 7) is 0. The van der Waals surface area contributed by atoms with Crippen LogP contribution in [-0.4, -0.2) is 27.8 Å². The number of rotatable bonds is 0. The molecule has 0 amide bonds. The molecule has 3 heteroatoms. The Balaban J connectivity index is 1.94. The fraction of sp³-hybridized carbons (Fsp3) is 0.889. The highest BCUT2D eigenvalue weighted by atomic mass is 32.2. The molecule has 0 spiro atoms. The standard InChI is InChI=1S/C9H12OS2/c10-7-5-1-3-11-8(5)9-6(7)2-4-12-9/h5-6,8-9H,1-4H2. The van der Waals surface area contributed by atoms with Gasteiger partial charge in [-0.3, -0.25) is 4.79 Å². The molecular formula is C9H12OS2. The highest BCUT2D eigenvalue weighted by Crippen LogP contribution is 2.53. The van der Waals surface area contributed by atoms with Crippen LogP contribution < -0.4 is 0 Å². The second-order valence-electron chi connectivity index (χ2n) is 3.86. The predicted octanol–water partition coefficient (Wildman–Crippen LogP) is 1.81. The minimum Gasteiger partial charge on any atom is -0.299 e. The molecule has 0 aromatic heterocycles. The molecule has 3 aliphatic rings. The third-order valence-electron chi connectivity index (χ3n) is 3.33. The molecule has 1 nitrogen and oxygen atoms in total. The summed E-state index contributed by atoms with van der Waals surface area (Å²) in [5.41, 5.74) is 0. The number of hydrogen-bond acceptors (Lipinski definition) is 3. The SMILES string of the molecule is O=C1C2CCSC2C2SCCC12. The van der Waals surface area contributed by atoms with Gasteiger partial charge in [-0.2, -0.15) is 23.5 Å². The van der Waals surface area contributed by atoms with E-state index in [4.69, 9.17) is 0 Å². The Bertz CT molecular complexity index is 207. The van der Waals surface area contributed by atoms with Crippen molar-refractivity contribution in [3.05, 3.63) is 0 Å². The van der Waals surface area contributed by atoms with Crippen LogP contribution in [0, 0.1) is 11.8 Å². The van der Waals surface area contributed by atoms with Crippen molar-refractivity contribution in [1.82, 2.24) is 0 Å². The number of fused-ring (bicyclic) bond motifs is 3. The van der Waals surface area contributed by atoms with Crippen molar-refractivity contribution >= 4 is 29.3 Å². The van der Waals surface area contributed by atoms with E-state index < -0.39 is 0 Å². The van der Waals surface area contributed by atoms with Crippen LogP contribution in [0.2, 0.25) is 0 Å². The van der Waals surface area contributed by atoms with Crippen molar-refractivity contribution in [3.8, 4) is 0 Å². The smallest absolute Gasteiger partial charge is 0.141 e. The Labute approximate surface area is 81.0 Å². The maximum atomic E-state index is 11.8. The lowest BCUT2D eigenvalue weighted by atomic mass is 9.99. The molecule has 0 bridgehead atoms. The number of carbonyl (C=O) groups excluding carboxylic acids is 1. The van der Waals surface area contributed by atoms with E-state index in [1.807, 2.05) is 0 Å². The van der Waals surface area contributed by atoms with Crippen LogP contribution in [0.25, 0.3) is 0 Å². The van der Waals surface area contributed by atoms with Crippen molar-refractivity contribution in [2.75, 3.05) is 11.5 Å². The zero-order valence-corrected chi connectivity index (χ0v) is 8.50. The Morgan fingerprint density at radius 2 is 1.50 bits per heavy atom. The summed E-state index contributed by atoms with van der Waals surface area (Å²) in [5, 5.41) is 1.41. The van der Waals surface area contributed by atoms with Crippen LogP contribution in [0.1, 0.15) is 12.8 Å². The van der Waals surface area contributed by atoms with E-state index in [1.54, 1.807) is 0 Å². The molecule has 3 rings (SSSR count). The first-order chi connectivity index (χ1) is 5.88. The van der Waals surface area contributed by atoms with Crippen molar-refractivity contribution in [3.63, 3.8) is 0 Å². The zero-order valence-electron chi connectivity index (χ0n) is 6.86. The van der Waals surface area contributed by atoms with Crippen molar-refractivity contribution in [1.29, 1.82) is 0 Å². The fourth-order valence-electron chi connectivity index (χ4n) is 2.75. The summed E-state index contributed by atoms with van der Waals surface area (Å²) in [4.78, 5) is 11.8. The molecule has 2 saturated heterocycles. The maximum absolute atomic E-state index is 11.8. The van der Waals surface area contributed by atoms with Gasteiger partial charge in [-0.15, -0.1) is 0 Å². The van der Waals surface area contributed by atoms with Crippen LogP contribution in [0.5, 0.6) is 0 Å². The molecule has 66 valence electrons. The quantitative estimate of drug-likeness (QED) is 0.593. The molecule has 0 N–H and O–H groups in total. The summed E-state index contributed by atoms with van der Waals surface area (Å²) in [5.74, 6) is 3.98. The molecule has 2 heterocycles. The van der Waals surface area contributed by atoms with Gasteiger partial charge in [-0.1, -0.05) is 0 Å². The van der Waals surface area contributed by atoms with E-state index in [2.05, 4.69) is 23.5 Å². The van der Waals surface area contributed by atoms with Gasteiger partial charge in [-0.05, 0) is 24.3 Å². The second kappa shape index (κ2) is 2.68. The van der Waals surface area contributed by atoms with Gasteiger partial charge < -0.3 is 0 Å². The largest absolute Gasteiger partial charge is 0.299 e. The third-order valence-corrected chi connectivity index (χ3v) is 6.45. The first-order valence-electron chi connectivity index (χ1n) is 4.65. The van der Waals surface area contributed by atoms with Crippen LogP contribution in [-0.2, 0) is 4.79 Å². The molecule has 3 fully saturated rings. The lowest BCUT2D eigenvalue weighted by Crippen LogP contribution is -2.15. The molecule has 4 unspecified atom stereocenters. The molecular weight excluding hydrogens is 188 g/mol. The van der Waals surface area contributed by atoms with E-state index in [1.165, 1.54) is 24.3 Å². The van der Waals surface area contributed by atoms with Gasteiger partial charge >= 0.3 is 0 Å². The average molecular weight is 200 g/mol. The number of carbonyl (C=O) groups is 1. The van der Waals surface area contributed by atoms with Crippen molar-refractivity contribution in [2.24, 2.45) is 11.8 Å². The van der Waals surface area contributed by atoms with Crippen molar-refractivity contribution in [2.45, 2.75) is 23.3 Å². The Morgan fingerprint density at radius 3 is 2.00 bits per heavy atom. The van der Waals surface area contributed by atoms with E-state index >= 15 is 0 Å². The highest BCUT2D eigenvalue weighted by Gasteiger charge is 2.53. The van der Waals surface area contributed by atoms with Crippen LogP contribution in [0.3, 0.4) is 0 Å². The number of ketones is 1. The summed E-state index contributed by atoms with van der Waals surface area (Å²) in [6, 6.07) is 0.